The molecule has 1 aromatic carbocycles. The number of carbonyl (C=O) groups is 1. The molecular formula is C18H21N5O3S. The van der Waals surface area contributed by atoms with Gasteiger partial charge in [-0.15, -0.1) is 16.4 Å². The summed E-state index contributed by atoms with van der Waals surface area (Å²) in [6.07, 6.45) is 0. The van der Waals surface area contributed by atoms with Gasteiger partial charge in [-0.05, 0) is 41.0 Å². The summed E-state index contributed by atoms with van der Waals surface area (Å²) in [5.74, 6) is 0.255. The zero-order valence-corrected chi connectivity index (χ0v) is 16.7. The van der Waals surface area contributed by atoms with Crippen LogP contribution >= 0.6 is 11.3 Å². The van der Waals surface area contributed by atoms with Gasteiger partial charge < -0.3 is 9.84 Å². The number of hydrogen-bond donors (Lipinski definition) is 1. The van der Waals surface area contributed by atoms with Crippen LogP contribution in [0.4, 0.5) is 0 Å². The molecule has 0 amide bonds. The Labute approximate surface area is 160 Å². The van der Waals surface area contributed by atoms with Crippen LogP contribution in [0.25, 0.3) is 22.0 Å². The van der Waals surface area contributed by atoms with Crippen LogP contribution in [0.15, 0.2) is 18.2 Å². The van der Waals surface area contributed by atoms with Crippen molar-refractivity contribution >= 4 is 17.3 Å². The molecule has 0 saturated heterocycles. The first-order valence-electron chi connectivity index (χ1n) is 8.36. The fraction of sp³-hybridized carbons (Fsp3) is 0.389. The first kappa shape index (κ1) is 19.0. The van der Waals surface area contributed by atoms with Gasteiger partial charge in [0.2, 0.25) is 0 Å². The normalized spacial score (nSPS) is 11.6. The standard InChI is InChI=1S/C18H21N5O3S/c1-10-14(17(24)25)27-16(19-10)11-6-7-13(26-9-18(2,3)4)12(8-11)15-20-21-22-23(15)5/h6-8H,9H2,1-5H3,(H,24,25). The molecule has 0 aliphatic rings. The van der Waals surface area contributed by atoms with Crippen molar-refractivity contribution in [3.8, 4) is 27.7 Å². The number of ether oxygens (including phenoxy) is 1. The smallest absolute Gasteiger partial charge is 0.347 e. The topological polar surface area (TPSA) is 103 Å². The molecule has 1 N–H and O–H groups in total. The van der Waals surface area contributed by atoms with Gasteiger partial charge in [0.25, 0.3) is 0 Å². The molecular weight excluding hydrogens is 366 g/mol. The van der Waals surface area contributed by atoms with Crippen molar-refractivity contribution in [1.82, 2.24) is 25.2 Å². The number of aromatic nitrogens is 5. The van der Waals surface area contributed by atoms with Gasteiger partial charge >= 0.3 is 5.97 Å². The van der Waals surface area contributed by atoms with E-state index in [1.54, 1.807) is 18.7 Å². The molecule has 0 spiro atoms. The van der Waals surface area contributed by atoms with Gasteiger partial charge in [0.1, 0.15) is 15.6 Å². The van der Waals surface area contributed by atoms with Gasteiger partial charge in [-0.1, -0.05) is 20.8 Å². The van der Waals surface area contributed by atoms with Gasteiger partial charge in [0.15, 0.2) is 5.82 Å². The maximum atomic E-state index is 11.3. The highest BCUT2D eigenvalue weighted by Gasteiger charge is 2.20. The average molecular weight is 387 g/mol. The highest BCUT2D eigenvalue weighted by molar-refractivity contribution is 7.17. The number of carboxylic acids is 1. The molecule has 142 valence electrons. The van der Waals surface area contributed by atoms with Crippen molar-refractivity contribution in [3.63, 3.8) is 0 Å². The number of hydrogen-bond acceptors (Lipinski definition) is 7. The lowest BCUT2D eigenvalue weighted by Crippen LogP contribution is -2.17. The molecule has 27 heavy (non-hydrogen) atoms. The molecule has 9 heteroatoms. The van der Waals surface area contributed by atoms with Crippen molar-refractivity contribution in [1.29, 1.82) is 0 Å². The van der Waals surface area contributed by atoms with Crippen LogP contribution in [-0.4, -0.2) is 42.9 Å². The molecule has 2 heterocycles. The van der Waals surface area contributed by atoms with Gasteiger partial charge in [-0.2, -0.15) is 0 Å². The van der Waals surface area contributed by atoms with Crippen LogP contribution in [0.1, 0.15) is 36.1 Å². The molecule has 2 aromatic heterocycles. The van der Waals surface area contributed by atoms with Crippen molar-refractivity contribution in [2.24, 2.45) is 12.5 Å². The van der Waals surface area contributed by atoms with Gasteiger partial charge in [0, 0.05) is 12.6 Å². The Kier molecular flexibility index (Phi) is 4.97. The summed E-state index contributed by atoms with van der Waals surface area (Å²) in [4.78, 5) is 16.0. The van der Waals surface area contributed by atoms with Crippen molar-refractivity contribution in [3.05, 3.63) is 28.8 Å². The quantitative estimate of drug-likeness (QED) is 0.715. The second-order valence-electron chi connectivity index (χ2n) is 7.43. The van der Waals surface area contributed by atoms with E-state index in [1.807, 2.05) is 18.2 Å². The molecule has 3 aromatic rings. The van der Waals surface area contributed by atoms with Gasteiger partial charge in [0.05, 0.1) is 17.9 Å². The second kappa shape index (κ2) is 7.07. The van der Waals surface area contributed by atoms with E-state index in [9.17, 15) is 9.90 Å². The lowest BCUT2D eigenvalue weighted by atomic mass is 9.98. The third kappa shape index (κ3) is 4.13. The summed E-state index contributed by atoms with van der Waals surface area (Å²) in [5, 5.41) is 21.6. The Morgan fingerprint density at radius 1 is 1.33 bits per heavy atom. The fourth-order valence-electron chi connectivity index (χ4n) is 2.43. The van der Waals surface area contributed by atoms with E-state index in [-0.39, 0.29) is 10.3 Å². The number of carboxylic acid groups (broad SMARTS) is 1. The molecule has 0 aliphatic carbocycles. The highest BCUT2D eigenvalue weighted by atomic mass is 32.1. The molecule has 0 unspecified atom stereocenters. The number of benzene rings is 1. The van der Waals surface area contributed by atoms with Crippen LogP contribution < -0.4 is 4.74 Å². The summed E-state index contributed by atoms with van der Waals surface area (Å²) < 4.78 is 7.59. The van der Waals surface area contributed by atoms with Crippen LogP contribution in [-0.2, 0) is 7.05 Å². The summed E-state index contributed by atoms with van der Waals surface area (Å²) in [5.41, 5.74) is 2.01. The largest absolute Gasteiger partial charge is 0.492 e. The fourth-order valence-corrected chi connectivity index (χ4v) is 3.34. The Balaban J connectivity index is 2.07. The van der Waals surface area contributed by atoms with E-state index in [2.05, 4.69) is 41.3 Å². The number of thiazole rings is 1. The van der Waals surface area contributed by atoms with Gasteiger partial charge in [-0.25, -0.2) is 14.5 Å². The molecule has 0 radical (unpaired) electrons. The molecule has 0 fully saturated rings. The van der Waals surface area contributed by atoms with Crippen LogP contribution in [0.3, 0.4) is 0 Å². The summed E-state index contributed by atoms with van der Waals surface area (Å²) >= 11 is 1.14. The Morgan fingerprint density at radius 2 is 2.07 bits per heavy atom. The summed E-state index contributed by atoms with van der Waals surface area (Å²) in [6, 6.07) is 5.60. The van der Waals surface area contributed by atoms with E-state index in [4.69, 9.17) is 4.74 Å². The first-order chi connectivity index (χ1) is 12.7. The zero-order valence-electron chi connectivity index (χ0n) is 15.8. The Hall–Kier alpha value is -2.81. The van der Waals surface area contributed by atoms with E-state index in [0.29, 0.717) is 28.9 Å². The summed E-state index contributed by atoms with van der Waals surface area (Å²) in [7, 11) is 1.76. The number of rotatable bonds is 5. The van der Waals surface area contributed by atoms with Crippen molar-refractivity contribution in [2.75, 3.05) is 6.61 Å². The maximum absolute atomic E-state index is 11.3. The Morgan fingerprint density at radius 3 is 2.63 bits per heavy atom. The minimum atomic E-state index is -0.973. The molecule has 0 aliphatic heterocycles. The number of nitrogens with zero attached hydrogens (tertiary/aromatic N) is 5. The minimum Gasteiger partial charge on any atom is -0.492 e. The lowest BCUT2D eigenvalue weighted by molar-refractivity contribution is 0.0701. The maximum Gasteiger partial charge on any atom is 0.347 e. The SMILES string of the molecule is Cc1nc(-c2ccc(OCC(C)(C)C)c(-c3nnnn3C)c2)sc1C(=O)O. The van der Waals surface area contributed by atoms with E-state index in [1.165, 1.54) is 0 Å². The van der Waals surface area contributed by atoms with Gasteiger partial charge in [-0.3, -0.25) is 0 Å². The van der Waals surface area contributed by atoms with Crippen LogP contribution in [0.2, 0.25) is 0 Å². The highest BCUT2D eigenvalue weighted by Crippen LogP contribution is 2.36. The second-order valence-corrected chi connectivity index (χ2v) is 8.42. The third-order valence-electron chi connectivity index (χ3n) is 3.74. The third-order valence-corrected chi connectivity index (χ3v) is 4.93. The molecule has 0 bridgehead atoms. The predicted molar refractivity (Wildman–Crippen MR) is 102 cm³/mol. The van der Waals surface area contributed by atoms with Crippen molar-refractivity contribution in [2.45, 2.75) is 27.7 Å². The number of tetrazole rings is 1. The number of aromatic carboxylic acids is 1. The zero-order chi connectivity index (χ0) is 19.8. The monoisotopic (exact) mass is 387 g/mol. The van der Waals surface area contributed by atoms with E-state index >= 15 is 0 Å². The van der Waals surface area contributed by atoms with Crippen LogP contribution in [0.5, 0.6) is 5.75 Å². The lowest BCUT2D eigenvalue weighted by Gasteiger charge is -2.20. The van der Waals surface area contributed by atoms with Crippen LogP contribution in [0, 0.1) is 12.3 Å². The predicted octanol–water partition coefficient (Wildman–Crippen LogP) is 3.43. The van der Waals surface area contributed by atoms with Crippen molar-refractivity contribution < 1.29 is 14.6 Å². The average Bonchev–Trinajstić information content (AvgIpc) is 3.18. The van der Waals surface area contributed by atoms with E-state index in [0.717, 1.165) is 22.5 Å². The summed E-state index contributed by atoms with van der Waals surface area (Å²) in [6.45, 7) is 8.51. The number of aryl methyl sites for hydroxylation is 2. The molecule has 0 saturated carbocycles. The molecule has 0 atom stereocenters. The molecule has 8 nitrogen and oxygen atoms in total. The molecule has 3 rings (SSSR count). The van der Waals surface area contributed by atoms with E-state index < -0.39 is 5.97 Å². The Bertz CT molecular complexity index is 987. The first-order valence-corrected chi connectivity index (χ1v) is 9.18. The minimum absolute atomic E-state index is 0.00309.